The predicted molar refractivity (Wildman–Crippen MR) is 71.3 cm³/mol. The SMILES string of the molecule is CCOC(=O)C1CCCCN1C(=O)C(C)(N)C1CC1. The molecule has 0 aromatic rings. The van der Waals surface area contributed by atoms with Crippen LogP contribution in [0.3, 0.4) is 0 Å². The highest BCUT2D eigenvalue weighted by atomic mass is 16.5. The Morgan fingerprint density at radius 1 is 1.32 bits per heavy atom. The van der Waals surface area contributed by atoms with Crippen LogP contribution in [0, 0.1) is 5.92 Å². The third-order valence-corrected chi connectivity index (χ3v) is 4.21. The summed E-state index contributed by atoms with van der Waals surface area (Å²) in [6, 6.07) is -0.442. The van der Waals surface area contributed by atoms with Gasteiger partial charge in [0.2, 0.25) is 5.91 Å². The first-order chi connectivity index (χ1) is 8.98. The first-order valence-corrected chi connectivity index (χ1v) is 7.25. The Kier molecular flexibility index (Phi) is 4.13. The summed E-state index contributed by atoms with van der Waals surface area (Å²) in [5.41, 5.74) is 5.36. The maximum atomic E-state index is 12.6. The molecule has 2 aliphatic rings. The van der Waals surface area contributed by atoms with Crippen LogP contribution in [-0.4, -0.2) is 41.5 Å². The van der Waals surface area contributed by atoms with Crippen LogP contribution in [0.1, 0.15) is 46.0 Å². The Balaban J connectivity index is 2.10. The van der Waals surface area contributed by atoms with Gasteiger partial charge in [-0.1, -0.05) is 0 Å². The van der Waals surface area contributed by atoms with Crippen molar-refractivity contribution >= 4 is 11.9 Å². The van der Waals surface area contributed by atoms with E-state index in [2.05, 4.69) is 0 Å². The van der Waals surface area contributed by atoms with Crippen LogP contribution in [0.15, 0.2) is 0 Å². The van der Waals surface area contributed by atoms with E-state index in [1.54, 1.807) is 18.7 Å². The van der Waals surface area contributed by atoms with Crippen molar-refractivity contribution in [3.05, 3.63) is 0 Å². The number of hydrogen-bond acceptors (Lipinski definition) is 4. The Morgan fingerprint density at radius 3 is 2.58 bits per heavy atom. The number of esters is 1. The van der Waals surface area contributed by atoms with Crippen molar-refractivity contribution in [3.63, 3.8) is 0 Å². The maximum Gasteiger partial charge on any atom is 0.328 e. The van der Waals surface area contributed by atoms with Gasteiger partial charge in [0.05, 0.1) is 12.1 Å². The molecule has 108 valence electrons. The summed E-state index contributed by atoms with van der Waals surface area (Å²) in [5, 5.41) is 0. The monoisotopic (exact) mass is 268 g/mol. The molecule has 2 rings (SSSR count). The maximum absolute atomic E-state index is 12.6. The van der Waals surface area contributed by atoms with E-state index in [0.29, 0.717) is 19.6 Å². The molecule has 1 heterocycles. The van der Waals surface area contributed by atoms with E-state index in [1.807, 2.05) is 0 Å². The van der Waals surface area contributed by atoms with E-state index >= 15 is 0 Å². The summed E-state index contributed by atoms with van der Waals surface area (Å²) in [6.07, 6.45) is 4.60. The van der Waals surface area contributed by atoms with E-state index in [-0.39, 0.29) is 17.8 Å². The first kappa shape index (κ1) is 14.3. The lowest BCUT2D eigenvalue weighted by molar-refractivity contribution is -0.158. The van der Waals surface area contributed by atoms with Crippen molar-refractivity contribution in [2.24, 2.45) is 11.7 Å². The molecule has 0 radical (unpaired) electrons. The Hall–Kier alpha value is -1.10. The van der Waals surface area contributed by atoms with Gasteiger partial charge in [-0.25, -0.2) is 4.79 Å². The third kappa shape index (κ3) is 2.91. The van der Waals surface area contributed by atoms with E-state index in [0.717, 1.165) is 25.7 Å². The van der Waals surface area contributed by atoms with Crippen molar-refractivity contribution in [1.82, 2.24) is 4.90 Å². The van der Waals surface area contributed by atoms with Gasteiger partial charge in [0.25, 0.3) is 0 Å². The third-order valence-electron chi connectivity index (χ3n) is 4.21. The fourth-order valence-corrected chi connectivity index (χ4v) is 2.83. The summed E-state index contributed by atoms with van der Waals surface area (Å²) < 4.78 is 5.08. The Bertz CT molecular complexity index is 364. The van der Waals surface area contributed by atoms with Gasteiger partial charge in [-0.3, -0.25) is 4.79 Å². The fourth-order valence-electron chi connectivity index (χ4n) is 2.83. The minimum absolute atomic E-state index is 0.0900. The number of amides is 1. The molecule has 5 heteroatoms. The van der Waals surface area contributed by atoms with Crippen molar-refractivity contribution in [2.45, 2.75) is 57.5 Å². The van der Waals surface area contributed by atoms with E-state index in [4.69, 9.17) is 10.5 Å². The largest absolute Gasteiger partial charge is 0.464 e. The van der Waals surface area contributed by atoms with Crippen molar-refractivity contribution in [1.29, 1.82) is 0 Å². The summed E-state index contributed by atoms with van der Waals surface area (Å²) in [5.74, 6) is -0.111. The zero-order valence-corrected chi connectivity index (χ0v) is 11.9. The van der Waals surface area contributed by atoms with Crippen molar-refractivity contribution in [2.75, 3.05) is 13.2 Å². The number of rotatable bonds is 4. The van der Waals surface area contributed by atoms with Crippen LogP contribution >= 0.6 is 0 Å². The van der Waals surface area contributed by atoms with Crippen LogP contribution in [0.25, 0.3) is 0 Å². The van der Waals surface area contributed by atoms with Gasteiger partial charge in [-0.05, 0) is 51.9 Å². The van der Waals surface area contributed by atoms with Crippen LogP contribution in [0.4, 0.5) is 0 Å². The van der Waals surface area contributed by atoms with Crippen molar-refractivity contribution < 1.29 is 14.3 Å². The number of likely N-dealkylation sites (tertiary alicyclic amines) is 1. The molecule has 2 N–H and O–H groups in total. The van der Waals surface area contributed by atoms with Gasteiger partial charge in [0.1, 0.15) is 6.04 Å². The quantitative estimate of drug-likeness (QED) is 0.774. The van der Waals surface area contributed by atoms with Gasteiger partial charge in [-0.15, -0.1) is 0 Å². The standard InChI is InChI=1S/C14H24N2O3/c1-3-19-12(17)11-6-4-5-9-16(11)13(18)14(2,15)10-7-8-10/h10-11H,3-9,15H2,1-2H3. The zero-order valence-electron chi connectivity index (χ0n) is 11.9. The van der Waals surface area contributed by atoms with Gasteiger partial charge in [-0.2, -0.15) is 0 Å². The molecule has 1 saturated carbocycles. The molecule has 1 aliphatic heterocycles. The number of carbonyl (C=O) groups is 2. The number of carbonyl (C=O) groups excluding carboxylic acids is 2. The molecule has 0 spiro atoms. The van der Waals surface area contributed by atoms with Crippen LogP contribution in [0.5, 0.6) is 0 Å². The smallest absolute Gasteiger partial charge is 0.328 e. The average molecular weight is 268 g/mol. The molecule has 2 fully saturated rings. The molecule has 0 aromatic heterocycles. The van der Waals surface area contributed by atoms with E-state index in [1.165, 1.54) is 0 Å². The fraction of sp³-hybridized carbons (Fsp3) is 0.857. The molecule has 19 heavy (non-hydrogen) atoms. The topological polar surface area (TPSA) is 72.6 Å². The van der Waals surface area contributed by atoms with Gasteiger partial charge in [0, 0.05) is 6.54 Å². The molecule has 0 aromatic carbocycles. The molecular weight excluding hydrogens is 244 g/mol. The molecule has 1 saturated heterocycles. The van der Waals surface area contributed by atoms with E-state index < -0.39 is 11.6 Å². The first-order valence-electron chi connectivity index (χ1n) is 7.25. The normalized spacial score (nSPS) is 26.7. The summed E-state index contributed by atoms with van der Waals surface area (Å²) >= 11 is 0. The Labute approximate surface area is 114 Å². The highest BCUT2D eigenvalue weighted by molar-refractivity contribution is 5.91. The Morgan fingerprint density at radius 2 is 2.00 bits per heavy atom. The predicted octanol–water partition coefficient (Wildman–Crippen LogP) is 1.06. The lowest BCUT2D eigenvalue weighted by atomic mass is 9.92. The number of piperidine rings is 1. The second-order valence-corrected chi connectivity index (χ2v) is 5.82. The molecular formula is C14H24N2O3. The second-order valence-electron chi connectivity index (χ2n) is 5.82. The van der Waals surface area contributed by atoms with Gasteiger partial charge >= 0.3 is 5.97 Å². The van der Waals surface area contributed by atoms with Gasteiger partial charge in [0.15, 0.2) is 0 Å². The molecule has 2 atom stereocenters. The molecule has 0 bridgehead atoms. The number of ether oxygens (including phenoxy) is 1. The molecule has 1 aliphatic carbocycles. The number of nitrogens with zero attached hydrogens (tertiary/aromatic N) is 1. The lowest BCUT2D eigenvalue weighted by Gasteiger charge is -2.38. The molecule has 1 amide bonds. The number of nitrogens with two attached hydrogens (primary N) is 1. The highest BCUT2D eigenvalue weighted by Gasteiger charge is 2.48. The lowest BCUT2D eigenvalue weighted by Crippen LogP contribution is -2.60. The molecule has 2 unspecified atom stereocenters. The summed E-state index contributed by atoms with van der Waals surface area (Å²) in [6.45, 7) is 4.54. The second kappa shape index (κ2) is 5.49. The average Bonchev–Trinajstić information content (AvgIpc) is 3.22. The van der Waals surface area contributed by atoms with Crippen LogP contribution in [-0.2, 0) is 14.3 Å². The minimum atomic E-state index is -0.831. The number of hydrogen-bond donors (Lipinski definition) is 1. The zero-order chi connectivity index (χ0) is 14.0. The summed E-state index contributed by atoms with van der Waals surface area (Å²) in [4.78, 5) is 26.2. The van der Waals surface area contributed by atoms with Crippen molar-refractivity contribution in [3.8, 4) is 0 Å². The van der Waals surface area contributed by atoms with Crippen LogP contribution < -0.4 is 5.73 Å². The van der Waals surface area contributed by atoms with Crippen LogP contribution in [0.2, 0.25) is 0 Å². The minimum Gasteiger partial charge on any atom is -0.464 e. The van der Waals surface area contributed by atoms with E-state index in [9.17, 15) is 9.59 Å². The molecule has 5 nitrogen and oxygen atoms in total. The highest BCUT2D eigenvalue weighted by Crippen LogP contribution is 2.39. The van der Waals surface area contributed by atoms with Gasteiger partial charge < -0.3 is 15.4 Å². The summed E-state index contributed by atoms with van der Waals surface area (Å²) in [7, 11) is 0.